The van der Waals surface area contributed by atoms with Crippen molar-refractivity contribution in [1.29, 1.82) is 0 Å². The normalized spacial score (nSPS) is 13.6. The molecule has 2 unspecified atom stereocenters. The molecule has 0 fully saturated rings. The maximum absolute atomic E-state index is 12.7. The first-order chi connectivity index (χ1) is 14.6. The van der Waals surface area contributed by atoms with Gasteiger partial charge in [0, 0.05) is 32.9 Å². The number of fused-ring (bicyclic) bond motifs is 3. The van der Waals surface area contributed by atoms with E-state index in [2.05, 4.69) is 4.72 Å². The minimum Gasteiger partial charge on any atom is -0.480 e. The van der Waals surface area contributed by atoms with E-state index in [4.69, 9.17) is 4.74 Å². The lowest BCUT2D eigenvalue weighted by Crippen LogP contribution is -2.41. The van der Waals surface area contributed by atoms with Crippen LogP contribution in [-0.2, 0) is 20.5 Å². The van der Waals surface area contributed by atoms with Crippen LogP contribution in [0.4, 0.5) is 10.5 Å². The van der Waals surface area contributed by atoms with E-state index in [9.17, 15) is 18.9 Å². The van der Waals surface area contributed by atoms with E-state index in [1.807, 2.05) is 30.3 Å². The summed E-state index contributed by atoms with van der Waals surface area (Å²) in [7, 11) is 0.0167. The van der Waals surface area contributed by atoms with Crippen LogP contribution in [0, 0.1) is 5.92 Å². The summed E-state index contributed by atoms with van der Waals surface area (Å²) in [6.07, 6.45) is -0.621. The number of ether oxygens (including phenoxy) is 1. The topological polar surface area (TPSA) is 95.9 Å². The lowest BCUT2D eigenvalue weighted by atomic mass is 10.1. The van der Waals surface area contributed by atoms with Crippen LogP contribution in [0.1, 0.15) is 27.7 Å². The summed E-state index contributed by atoms with van der Waals surface area (Å²) in [4.78, 5) is 25.6. The van der Waals surface area contributed by atoms with Crippen LogP contribution in [0.25, 0.3) is 20.2 Å². The van der Waals surface area contributed by atoms with Crippen LogP contribution in [0.15, 0.2) is 41.3 Å². The van der Waals surface area contributed by atoms with Gasteiger partial charge in [-0.25, -0.2) is 13.7 Å². The van der Waals surface area contributed by atoms with Gasteiger partial charge < -0.3 is 9.84 Å². The van der Waals surface area contributed by atoms with Gasteiger partial charge in [-0.1, -0.05) is 26.0 Å². The van der Waals surface area contributed by atoms with E-state index in [1.54, 1.807) is 40.8 Å². The van der Waals surface area contributed by atoms with Crippen LogP contribution in [0.5, 0.6) is 0 Å². The van der Waals surface area contributed by atoms with Gasteiger partial charge in [-0.2, -0.15) is 0 Å². The van der Waals surface area contributed by atoms with Crippen LogP contribution < -0.4 is 9.62 Å². The molecule has 3 aromatic rings. The third-order valence-corrected chi connectivity index (χ3v) is 7.07. The SMILES string of the molecule is CC(C)OC(=O)N(C)c1ccc2c(c1)sc1cc(S(=O)NC(C(=O)O)C(C)C)ccc12. The number of nitrogens with one attached hydrogen (secondary N) is 1. The van der Waals surface area contributed by atoms with E-state index in [1.165, 1.54) is 16.2 Å². The predicted octanol–water partition coefficient (Wildman–Crippen LogP) is 4.76. The number of carboxylic acid groups (broad SMARTS) is 1. The molecule has 1 amide bonds. The Bertz CT molecular complexity index is 1160. The van der Waals surface area contributed by atoms with Crippen molar-refractivity contribution in [2.24, 2.45) is 5.92 Å². The zero-order chi connectivity index (χ0) is 22.9. The zero-order valence-corrected chi connectivity index (χ0v) is 19.7. The molecule has 0 aliphatic heterocycles. The number of carboxylic acids is 1. The molecule has 0 spiro atoms. The highest BCUT2D eigenvalue weighted by molar-refractivity contribution is 7.83. The smallest absolute Gasteiger partial charge is 0.414 e. The van der Waals surface area contributed by atoms with Crippen molar-refractivity contribution in [3.05, 3.63) is 36.4 Å². The lowest BCUT2D eigenvalue weighted by Gasteiger charge is -2.18. The Kier molecular flexibility index (Phi) is 6.98. The molecule has 7 nitrogen and oxygen atoms in total. The standard InChI is InChI=1S/C22H26N2O5S2/c1-12(2)20(21(25)26)23-31(28)15-7-9-17-16-8-6-14(10-18(16)30-19(17)11-15)24(5)22(27)29-13(3)4/h6-13,20,23H,1-5H3,(H,25,26). The number of carbonyl (C=O) groups is 2. The van der Waals surface area contributed by atoms with E-state index >= 15 is 0 Å². The van der Waals surface area contributed by atoms with E-state index in [-0.39, 0.29) is 12.0 Å². The van der Waals surface area contributed by atoms with Crippen molar-refractivity contribution in [3.8, 4) is 0 Å². The third kappa shape index (κ3) is 5.06. The van der Waals surface area contributed by atoms with Gasteiger partial charge in [0.05, 0.1) is 11.0 Å². The summed E-state index contributed by atoms with van der Waals surface area (Å²) in [6, 6.07) is 10.3. The molecule has 0 aliphatic rings. The Morgan fingerprint density at radius 3 is 2.26 bits per heavy atom. The number of anilines is 1. The van der Waals surface area contributed by atoms with Crippen molar-refractivity contribution in [2.45, 2.75) is 44.7 Å². The average molecular weight is 463 g/mol. The van der Waals surface area contributed by atoms with Crippen LogP contribution in [-0.4, -0.2) is 40.6 Å². The predicted molar refractivity (Wildman–Crippen MR) is 125 cm³/mol. The second-order valence-electron chi connectivity index (χ2n) is 7.88. The number of amides is 1. The quantitative estimate of drug-likeness (QED) is 0.528. The maximum atomic E-state index is 12.7. The lowest BCUT2D eigenvalue weighted by molar-refractivity contribution is -0.140. The third-order valence-electron chi connectivity index (χ3n) is 4.81. The molecule has 1 aromatic heterocycles. The first-order valence-corrected chi connectivity index (χ1v) is 11.9. The van der Waals surface area contributed by atoms with Gasteiger partial charge >= 0.3 is 12.1 Å². The highest BCUT2D eigenvalue weighted by atomic mass is 32.2. The molecular formula is C22H26N2O5S2. The molecule has 0 bridgehead atoms. The second kappa shape index (κ2) is 9.33. The van der Waals surface area contributed by atoms with Crippen molar-refractivity contribution < 1.29 is 23.6 Å². The molecule has 2 N–H and O–H groups in total. The zero-order valence-electron chi connectivity index (χ0n) is 18.0. The maximum Gasteiger partial charge on any atom is 0.414 e. The fraction of sp³-hybridized carbons (Fsp3) is 0.364. The number of hydrogen-bond acceptors (Lipinski definition) is 5. The summed E-state index contributed by atoms with van der Waals surface area (Å²) in [5.41, 5.74) is 0.719. The van der Waals surface area contributed by atoms with Gasteiger partial charge in [-0.05, 0) is 44.0 Å². The largest absolute Gasteiger partial charge is 0.480 e. The Morgan fingerprint density at radius 2 is 1.68 bits per heavy atom. The molecule has 1 heterocycles. The minimum absolute atomic E-state index is 0.202. The number of nitrogens with zero attached hydrogens (tertiary/aromatic N) is 1. The van der Waals surface area contributed by atoms with E-state index in [0.717, 1.165) is 25.9 Å². The molecular weight excluding hydrogens is 436 g/mol. The van der Waals surface area contributed by atoms with Gasteiger partial charge in [0.25, 0.3) is 0 Å². The highest BCUT2D eigenvalue weighted by Gasteiger charge is 2.24. The molecule has 0 radical (unpaired) electrons. The van der Waals surface area contributed by atoms with Crippen LogP contribution in [0.2, 0.25) is 0 Å². The molecule has 2 atom stereocenters. The number of carbonyl (C=O) groups excluding carboxylic acids is 1. The van der Waals surface area contributed by atoms with Crippen molar-refractivity contribution in [3.63, 3.8) is 0 Å². The number of rotatable bonds is 7. The van der Waals surface area contributed by atoms with Gasteiger partial charge in [-0.15, -0.1) is 11.3 Å². The number of hydrogen-bond donors (Lipinski definition) is 2. The fourth-order valence-electron chi connectivity index (χ4n) is 3.11. The highest BCUT2D eigenvalue weighted by Crippen LogP contribution is 2.37. The monoisotopic (exact) mass is 462 g/mol. The molecule has 2 aromatic carbocycles. The Hall–Kier alpha value is -2.49. The van der Waals surface area contributed by atoms with E-state index < -0.39 is 29.1 Å². The number of thiophene rings is 1. The fourth-order valence-corrected chi connectivity index (χ4v) is 5.52. The molecule has 0 saturated carbocycles. The summed E-state index contributed by atoms with van der Waals surface area (Å²) in [5.74, 6) is -1.23. The molecule has 9 heteroatoms. The molecule has 166 valence electrons. The minimum atomic E-state index is -1.65. The Balaban J connectivity index is 1.91. The first kappa shape index (κ1) is 23.2. The summed E-state index contributed by atoms with van der Waals surface area (Å²) in [6.45, 7) is 7.14. The Morgan fingerprint density at radius 1 is 1.06 bits per heavy atom. The number of benzene rings is 2. The van der Waals surface area contributed by atoms with Gasteiger partial charge in [0.1, 0.15) is 17.0 Å². The number of aliphatic carboxylic acids is 1. The van der Waals surface area contributed by atoms with Crippen molar-refractivity contribution in [1.82, 2.24) is 4.72 Å². The second-order valence-corrected chi connectivity index (χ2v) is 10.2. The molecule has 31 heavy (non-hydrogen) atoms. The summed E-state index contributed by atoms with van der Waals surface area (Å²) >= 11 is 1.52. The Labute approximate surface area is 187 Å². The average Bonchev–Trinajstić information content (AvgIpc) is 3.06. The van der Waals surface area contributed by atoms with Gasteiger partial charge in [0.15, 0.2) is 0 Å². The van der Waals surface area contributed by atoms with Crippen LogP contribution >= 0.6 is 11.3 Å². The molecule has 0 saturated heterocycles. The van der Waals surface area contributed by atoms with Crippen molar-refractivity contribution >= 4 is 60.2 Å². The molecule has 0 aliphatic carbocycles. The van der Waals surface area contributed by atoms with E-state index in [0.29, 0.717) is 4.90 Å². The van der Waals surface area contributed by atoms with Gasteiger partial charge in [0.2, 0.25) is 0 Å². The van der Waals surface area contributed by atoms with Crippen LogP contribution in [0.3, 0.4) is 0 Å². The summed E-state index contributed by atoms with van der Waals surface area (Å²) < 4.78 is 22.6. The molecule has 3 rings (SSSR count). The first-order valence-electron chi connectivity index (χ1n) is 9.90. The summed E-state index contributed by atoms with van der Waals surface area (Å²) in [5, 5.41) is 11.4. The van der Waals surface area contributed by atoms with Gasteiger partial charge in [-0.3, -0.25) is 9.69 Å². The van der Waals surface area contributed by atoms with Crippen molar-refractivity contribution in [2.75, 3.05) is 11.9 Å².